The van der Waals surface area contributed by atoms with Crippen molar-refractivity contribution in [3.05, 3.63) is 18.2 Å². The third kappa shape index (κ3) is 3.19. The van der Waals surface area contributed by atoms with Crippen LogP contribution in [0.15, 0.2) is 12.4 Å². The molecule has 0 spiro atoms. The summed E-state index contributed by atoms with van der Waals surface area (Å²) in [5.41, 5.74) is 0. The molecule has 1 unspecified atom stereocenters. The standard InChI is InChI=1S/C13H19FN4O/c14-10-7-15-13(16-8-10)17-11-1-4-18(5-2-11)12-3-6-19-9-12/h7-8,11-12H,1-6,9H2,(H,15,16,17). The summed E-state index contributed by atoms with van der Waals surface area (Å²) in [6.45, 7) is 3.92. The highest BCUT2D eigenvalue weighted by molar-refractivity contribution is 5.24. The van der Waals surface area contributed by atoms with Crippen molar-refractivity contribution in [1.82, 2.24) is 14.9 Å². The molecule has 2 aliphatic heterocycles. The summed E-state index contributed by atoms with van der Waals surface area (Å²) in [6, 6.07) is 0.979. The number of likely N-dealkylation sites (tertiary alicyclic amines) is 1. The maximum absolute atomic E-state index is 12.7. The van der Waals surface area contributed by atoms with E-state index >= 15 is 0 Å². The molecule has 104 valence electrons. The second-order valence-corrected chi connectivity index (χ2v) is 5.20. The van der Waals surface area contributed by atoms with E-state index in [2.05, 4.69) is 20.2 Å². The Bertz CT molecular complexity index is 400. The summed E-state index contributed by atoms with van der Waals surface area (Å²) in [7, 11) is 0. The Balaban J connectivity index is 1.48. The number of rotatable bonds is 3. The predicted molar refractivity (Wildman–Crippen MR) is 69.4 cm³/mol. The average molecular weight is 266 g/mol. The fourth-order valence-electron chi connectivity index (χ4n) is 2.79. The Labute approximate surface area is 112 Å². The minimum atomic E-state index is -0.401. The highest BCUT2D eigenvalue weighted by Gasteiger charge is 2.27. The molecule has 19 heavy (non-hydrogen) atoms. The van der Waals surface area contributed by atoms with Gasteiger partial charge in [0.25, 0.3) is 0 Å². The van der Waals surface area contributed by atoms with Gasteiger partial charge < -0.3 is 10.1 Å². The van der Waals surface area contributed by atoms with E-state index in [9.17, 15) is 4.39 Å². The molecule has 1 atom stereocenters. The number of nitrogens with one attached hydrogen (secondary N) is 1. The summed E-state index contributed by atoms with van der Waals surface area (Å²) < 4.78 is 18.1. The van der Waals surface area contributed by atoms with Crippen LogP contribution >= 0.6 is 0 Å². The quantitative estimate of drug-likeness (QED) is 0.893. The second-order valence-electron chi connectivity index (χ2n) is 5.20. The molecule has 0 saturated carbocycles. The van der Waals surface area contributed by atoms with Gasteiger partial charge in [0.05, 0.1) is 19.0 Å². The Hall–Kier alpha value is -1.27. The lowest BCUT2D eigenvalue weighted by Crippen LogP contribution is -2.45. The second kappa shape index (κ2) is 5.79. The Morgan fingerprint density at radius 3 is 2.58 bits per heavy atom. The molecule has 1 aromatic heterocycles. The van der Waals surface area contributed by atoms with Crippen LogP contribution in [0.25, 0.3) is 0 Å². The van der Waals surface area contributed by atoms with Crippen molar-refractivity contribution < 1.29 is 9.13 Å². The normalized spacial score (nSPS) is 25.6. The molecule has 0 bridgehead atoms. The molecule has 0 radical (unpaired) electrons. The van der Waals surface area contributed by atoms with Gasteiger partial charge in [-0.25, -0.2) is 14.4 Å². The van der Waals surface area contributed by atoms with E-state index in [1.54, 1.807) is 0 Å². The van der Waals surface area contributed by atoms with E-state index < -0.39 is 5.82 Å². The van der Waals surface area contributed by atoms with Gasteiger partial charge in [-0.3, -0.25) is 4.90 Å². The molecule has 1 aromatic rings. The zero-order valence-corrected chi connectivity index (χ0v) is 10.9. The largest absolute Gasteiger partial charge is 0.380 e. The number of ether oxygens (including phenoxy) is 1. The minimum absolute atomic E-state index is 0.379. The van der Waals surface area contributed by atoms with Crippen molar-refractivity contribution in [2.24, 2.45) is 0 Å². The van der Waals surface area contributed by atoms with Crippen molar-refractivity contribution in [2.45, 2.75) is 31.3 Å². The van der Waals surface area contributed by atoms with Crippen LogP contribution in [-0.4, -0.2) is 53.3 Å². The molecule has 0 aromatic carbocycles. The monoisotopic (exact) mass is 266 g/mol. The third-order valence-corrected chi connectivity index (χ3v) is 3.91. The van der Waals surface area contributed by atoms with E-state index in [-0.39, 0.29) is 0 Å². The van der Waals surface area contributed by atoms with Crippen LogP contribution in [0.1, 0.15) is 19.3 Å². The number of halogens is 1. The zero-order chi connectivity index (χ0) is 13.1. The number of anilines is 1. The molecule has 6 heteroatoms. The molecule has 3 rings (SSSR count). The van der Waals surface area contributed by atoms with Gasteiger partial charge in [0.15, 0.2) is 5.82 Å². The van der Waals surface area contributed by atoms with Crippen molar-refractivity contribution in [3.8, 4) is 0 Å². The average Bonchev–Trinajstić information content (AvgIpc) is 2.96. The van der Waals surface area contributed by atoms with Crippen molar-refractivity contribution in [3.63, 3.8) is 0 Å². The lowest BCUT2D eigenvalue weighted by molar-refractivity contribution is 0.124. The summed E-state index contributed by atoms with van der Waals surface area (Å²) in [5, 5.41) is 3.27. The first-order chi connectivity index (χ1) is 9.31. The molecule has 5 nitrogen and oxygen atoms in total. The number of nitrogens with zero attached hydrogens (tertiary/aromatic N) is 3. The van der Waals surface area contributed by atoms with Crippen molar-refractivity contribution in [1.29, 1.82) is 0 Å². The van der Waals surface area contributed by atoms with Gasteiger partial charge in [0, 0.05) is 31.8 Å². The van der Waals surface area contributed by atoms with Gasteiger partial charge in [0.2, 0.25) is 5.95 Å². The van der Waals surface area contributed by atoms with Crippen LogP contribution in [0.2, 0.25) is 0 Å². The van der Waals surface area contributed by atoms with Crippen LogP contribution in [0, 0.1) is 5.82 Å². The van der Waals surface area contributed by atoms with E-state index in [0.717, 1.165) is 45.6 Å². The van der Waals surface area contributed by atoms with Gasteiger partial charge in [0.1, 0.15) is 0 Å². The molecule has 2 fully saturated rings. The molecule has 3 heterocycles. The SMILES string of the molecule is Fc1cnc(NC2CCN(C3CCOC3)CC2)nc1. The lowest BCUT2D eigenvalue weighted by Gasteiger charge is -2.35. The van der Waals surface area contributed by atoms with Gasteiger partial charge in [-0.05, 0) is 19.3 Å². The topological polar surface area (TPSA) is 50.3 Å². The van der Waals surface area contributed by atoms with Crippen molar-refractivity contribution in [2.75, 3.05) is 31.6 Å². The molecule has 0 aliphatic carbocycles. The lowest BCUT2D eigenvalue weighted by atomic mass is 10.0. The highest BCUT2D eigenvalue weighted by Crippen LogP contribution is 2.20. The van der Waals surface area contributed by atoms with Gasteiger partial charge >= 0.3 is 0 Å². The van der Waals surface area contributed by atoms with Crippen molar-refractivity contribution >= 4 is 5.95 Å². The fraction of sp³-hybridized carbons (Fsp3) is 0.692. The molecule has 2 aliphatic rings. The van der Waals surface area contributed by atoms with Crippen LogP contribution in [-0.2, 0) is 4.74 Å². The molecular formula is C13H19FN4O. The van der Waals surface area contributed by atoms with E-state index in [1.165, 1.54) is 12.4 Å². The molecular weight excluding hydrogens is 247 g/mol. The smallest absolute Gasteiger partial charge is 0.222 e. The predicted octanol–water partition coefficient (Wildman–Crippen LogP) is 1.28. The molecule has 1 N–H and O–H groups in total. The van der Waals surface area contributed by atoms with Crippen LogP contribution < -0.4 is 5.32 Å². The number of hydrogen-bond acceptors (Lipinski definition) is 5. The van der Waals surface area contributed by atoms with E-state index in [0.29, 0.717) is 18.0 Å². The third-order valence-electron chi connectivity index (χ3n) is 3.91. The zero-order valence-electron chi connectivity index (χ0n) is 10.9. The van der Waals surface area contributed by atoms with E-state index in [1.807, 2.05) is 0 Å². The molecule has 2 saturated heterocycles. The summed E-state index contributed by atoms with van der Waals surface area (Å²) in [6.07, 6.45) is 5.67. The first kappa shape index (κ1) is 12.7. The summed E-state index contributed by atoms with van der Waals surface area (Å²) >= 11 is 0. The highest BCUT2D eigenvalue weighted by atomic mass is 19.1. The van der Waals surface area contributed by atoms with Gasteiger partial charge in [-0.15, -0.1) is 0 Å². The number of aromatic nitrogens is 2. The van der Waals surface area contributed by atoms with Gasteiger partial charge in [-0.2, -0.15) is 0 Å². The van der Waals surface area contributed by atoms with Crippen LogP contribution in [0.4, 0.5) is 10.3 Å². The maximum atomic E-state index is 12.7. The van der Waals surface area contributed by atoms with Crippen LogP contribution in [0.5, 0.6) is 0 Å². The Morgan fingerprint density at radius 1 is 1.21 bits per heavy atom. The number of hydrogen-bond donors (Lipinski definition) is 1. The fourth-order valence-corrected chi connectivity index (χ4v) is 2.79. The summed E-state index contributed by atoms with van der Waals surface area (Å²) in [4.78, 5) is 10.4. The number of piperidine rings is 1. The molecule has 0 amide bonds. The van der Waals surface area contributed by atoms with Gasteiger partial charge in [-0.1, -0.05) is 0 Å². The maximum Gasteiger partial charge on any atom is 0.222 e. The first-order valence-electron chi connectivity index (χ1n) is 6.87. The Kier molecular flexibility index (Phi) is 3.89. The minimum Gasteiger partial charge on any atom is -0.380 e. The van der Waals surface area contributed by atoms with Crippen LogP contribution in [0.3, 0.4) is 0 Å². The van der Waals surface area contributed by atoms with E-state index in [4.69, 9.17) is 4.74 Å². The first-order valence-corrected chi connectivity index (χ1v) is 6.87. The summed E-state index contributed by atoms with van der Waals surface area (Å²) in [5.74, 6) is 0.116. The Morgan fingerprint density at radius 2 is 1.95 bits per heavy atom.